The van der Waals surface area contributed by atoms with Gasteiger partial charge in [-0.2, -0.15) is 0 Å². The molecule has 6 heterocycles. The smallest absolute Gasteiger partial charge is 0.457 e. The molecule has 6 aliphatic rings. The SMILES string of the molecule is [C-]#[N+]c1ccc(Oc2ccc(B3OCC(C)(C)CO3)c(COC3CCCCO3)c2)cc1.[C-]#[N+]c1ccc(Oc2ccc(B3OCCCCO3)c(COC3CCCCO3)c2)cc1.[C-]#[N+]c1ccc(Oc2ccc(B3OCCCO3)c(COC3CCCCO3)c2)cc1. The van der Waals surface area contributed by atoms with Crippen LogP contribution in [0.4, 0.5) is 17.1 Å². The molecular weight excluding hydrogens is 1140 g/mol. The van der Waals surface area contributed by atoms with Crippen LogP contribution in [0.15, 0.2) is 127 Å². The lowest BCUT2D eigenvalue weighted by Gasteiger charge is -2.33. The van der Waals surface area contributed by atoms with Gasteiger partial charge in [0.05, 0.1) is 39.5 Å². The maximum Gasteiger partial charge on any atom is 0.494 e. The zero-order valence-electron chi connectivity index (χ0n) is 51.5. The van der Waals surface area contributed by atoms with Crippen molar-refractivity contribution < 1.29 is 70.6 Å². The molecule has 6 saturated heterocycles. The fraction of sp³-hybridized carbons (Fsp3) is 0.435. The first kappa shape index (κ1) is 65.8. The molecular formula is C69H78B3N3O15. The summed E-state index contributed by atoms with van der Waals surface area (Å²) in [6.07, 6.45) is 11.7. The summed E-state index contributed by atoms with van der Waals surface area (Å²) in [4.78, 5) is 10.2. The Morgan fingerprint density at radius 2 is 0.656 bits per heavy atom. The van der Waals surface area contributed by atoms with Gasteiger partial charge in [0.15, 0.2) is 35.9 Å². The molecule has 0 bridgehead atoms. The summed E-state index contributed by atoms with van der Waals surface area (Å²) in [5, 5.41) is 0. The molecule has 0 saturated carbocycles. The van der Waals surface area contributed by atoms with E-state index >= 15 is 0 Å². The van der Waals surface area contributed by atoms with Gasteiger partial charge >= 0.3 is 21.4 Å². The Hall–Kier alpha value is -7.10. The average Bonchev–Trinajstić information content (AvgIpc) is 1.63. The highest BCUT2D eigenvalue weighted by molar-refractivity contribution is 6.62. The Bertz CT molecular complexity index is 3300. The fourth-order valence-electron chi connectivity index (χ4n) is 10.6. The quantitative estimate of drug-likeness (QED) is 0.0592. The third-order valence-corrected chi connectivity index (χ3v) is 15.6. The molecule has 0 N–H and O–H groups in total. The third kappa shape index (κ3) is 20.2. The van der Waals surface area contributed by atoms with Gasteiger partial charge in [-0.05, 0) is 183 Å². The predicted molar refractivity (Wildman–Crippen MR) is 342 cm³/mol. The summed E-state index contributed by atoms with van der Waals surface area (Å²) in [7, 11) is -1.21. The molecule has 0 radical (unpaired) electrons. The molecule has 18 nitrogen and oxygen atoms in total. The lowest BCUT2D eigenvalue weighted by atomic mass is 9.73. The summed E-state index contributed by atoms with van der Waals surface area (Å²) >= 11 is 0. The van der Waals surface area contributed by atoms with E-state index in [1.807, 2.05) is 54.6 Å². The molecule has 3 unspecified atom stereocenters. The Morgan fingerprint density at radius 1 is 0.367 bits per heavy atom. The second-order valence-corrected chi connectivity index (χ2v) is 23.4. The highest BCUT2D eigenvalue weighted by atomic mass is 16.7. The Balaban J connectivity index is 0.000000149. The zero-order valence-corrected chi connectivity index (χ0v) is 51.5. The maximum atomic E-state index is 7.08. The van der Waals surface area contributed by atoms with Crippen LogP contribution in [-0.2, 0) is 76.2 Å². The van der Waals surface area contributed by atoms with Crippen LogP contribution in [0.3, 0.4) is 0 Å². The van der Waals surface area contributed by atoms with Crippen molar-refractivity contribution in [1.82, 2.24) is 0 Å². The zero-order chi connectivity index (χ0) is 62.2. The number of benzene rings is 6. The number of ether oxygens (including phenoxy) is 9. The van der Waals surface area contributed by atoms with Crippen molar-refractivity contribution in [3.05, 3.63) is 178 Å². The topological polar surface area (TPSA) is 152 Å². The van der Waals surface area contributed by atoms with Crippen LogP contribution in [0.1, 0.15) is 108 Å². The van der Waals surface area contributed by atoms with E-state index in [1.54, 1.807) is 72.8 Å². The van der Waals surface area contributed by atoms with Crippen LogP contribution in [0, 0.1) is 25.1 Å². The standard InChI is InChI=1S/C24H28BNO5.C23H26BNO5.C22H24BNO5/c1-24(2)16-29-25(30-17-24)22-12-11-21(31-20-9-7-19(26-3)8-10-20)14-18(22)15-28-23-6-4-5-13-27-23;1-25-19-7-9-20(10-8-19)30-21-11-12-22(24-28-14-4-5-15-29-24)18(16-21)17-27-23-6-2-3-13-26-23;1-24-18-6-8-19(9-7-18)29-20-10-11-21(23-27-13-4-14-28-23)17(15-20)16-26-22-5-2-3-12-25-22/h7-12,14,23H,4-6,13,15-17H2,1-2H3;7-12,16,23H,2-6,13-15,17H2;6-11,15,22H,2-5,12-14,16H2. The first-order chi connectivity index (χ1) is 44.1. The second kappa shape index (κ2) is 34.4. The van der Waals surface area contributed by atoms with Gasteiger partial charge in [0, 0.05) is 64.9 Å². The van der Waals surface area contributed by atoms with Crippen LogP contribution in [0.2, 0.25) is 0 Å². The number of rotatable bonds is 18. The molecule has 6 aliphatic heterocycles. The van der Waals surface area contributed by atoms with Gasteiger partial charge in [0.1, 0.15) is 34.5 Å². The Labute approximate surface area is 530 Å². The molecule has 6 aromatic rings. The van der Waals surface area contributed by atoms with Crippen molar-refractivity contribution >= 4 is 54.8 Å². The van der Waals surface area contributed by atoms with Crippen LogP contribution < -0.4 is 30.6 Å². The van der Waals surface area contributed by atoms with Gasteiger partial charge in [-0.25, -0.2) is 14.5 Å². The average molecular weight is 1220 g/mol. The minimum Gasteiger partial charge on any atom is -0.457 e. The third-order valence-electron chi connectivity index (χ3n) is 15.6. The molecule has 6 fully saturated rings. The van der Waals surface area contributed by atoms with Crippen molar-refractivity contribution in [3.8, 4) is 34.5 Å². The minimum absolute atomic E-state index is 0.00362. The number of hydrogen-bond donors (Lipinski definition) is 0. The normalized spacial score (nSPS) is 20.0. The Kier molecular flexibility index (Phi) is 25.1. The van der Waals surface area contributed by atoms with Crippen LogP contribution in [-0.4, -0.2) is 99.7 Å². The molecule has 0 spiro atoms. The number of hydrogen-bond acceptors (Lipinski definition) is 15. The van der Waals surface area contributed by atoms with E-state index < -0.39 is 14.2 Å². The van der Waals surface area contributed by atoms with Crippen LogP contribution >= 0.6 is 0 Å². The summed E-state index contributed by atoms with van der Waals surface area (Å²) in [6.45, 7) is 32.9. The molecule has 6 aromatic carbocycles. The first-order valence-corrected chi connectivity index (χ1v) is 31.4. The molecule has 90 heavy (non-hydrogen) atoms. The van der Waals surface area contributed by atoms with Gasteiger partial charge < -0.3 is 70.6 Å². The van der Waals surface area contributed by atoms with E-state index in [9.17, 15) is 0 Å². The summed E-state index contributed by atoms with van der Waals surface area (Å²) in [6, 6.07) is 38.8. The Morgan fingerprint density at radius 3 is 0.956 bits per heavy atom. The molecule has 21 heteroatoms. The van der Waals surface area contributed by atoms with E-state index in [2.05, 4.69) is 28.4 Å². The van der Waals surface area contributed by atoms with Crippen LogP contribution in [0.25, 0.3) is 14.5 Å². The maximum absolute atomic E-state index is 7.08. The van der Waals surface area contributed by atoms with Gasteiger partial charge in [0.25, 0.3) is 0 Å². The molecule has 3 atom stereocenters. The predicted octanol–water partition coefficient (Wildman–Crippen LogP) is 13.6. The van der Waals surface area contributed by atoms with Crippen molar-refractivity contribution in [2.45, 2.75) is 130 Å². The molecule has 12 rings (SSSR count). The highest BCUT2D eigenvalue weighted by Gasteiger charge is 2.36. The fourth-order valence-corrected chi connectivity index (χ4v) is 10.6. The van der Waals surface area contributed by atoms with Crippen molar-refractivity contribution in [2.75, 3.05) is 59.5 Å². The van der Waals surface area contributed by atoms with E-state index in [0.29, 0.717) is 111 Å². The van der Waals surface area contributed by atoms with E-state index in [-0.39, 0.29) is 31.4 Å². The van der Waals surface area contributed by atoms with Gasteiger partial charge in [-0.1, -0.05) is 68.4 Å². The monoisotopic (exact) mass is 1220 g/mol. The largest absolute Gasteiger partial charge is 0.494 e. The lowest BCUT2D eigenvalue weighted by Crippen LogP contribution is -2.48. The van der Waals surface area contributed by atoms with E-state index in [0.717, 1.165) is 130 Å². The van der Waals surface area contributed by atoms with Crippen molar-refractivity contribution in [2.24, 2.45) is 5.41 Å². The molecule has 0 aromatic heterocycles. The van der Waals surface area contributed by atoms with Crippen LogP contribution in [0.5, 0.6) is 34.5 Å². The lowest BCUT2D eigenvalue weighted by molar-refractivity contribution is -0.169. The van der Waals surface area contributed by atoms with Gasteiger partial charge in [-0.15, -0.1) is 0 Å². The second-order valence-electron chi connectivity index (χ2n) is 23.4. The number of nitrogens with zero attached hydrogens (tertiary/aromatic N) is 3. The molecule has 0 aliphatic carbocycles. The summed E-state index contributed by atoms with van der Waals surface area (Å²) in [5.74, 6) is 4.12. The minimum atomic E-state index is -0.425. The van der Waals surface area contributed by atoms with E-state index in [1.165, 1.54) is 0 Å². The molecule has 468 valence electrons. The van der Waals surface area contributed by atoms with Crippen molar-refractivity contribution in [1.29, 1.82) is 0 Å². The molecule has 0 amide bonds. The van der Waals surface area contributed by atoms with Crippen molar-refractivity contribution in [3.63, 3.8) is 0 Å². The summed E-state index contributed by atoms with van der Waals surface area (Å²) in [5.41, 5.74) is 7.49. The first-order valence-electron chi connectivity index (χ1n) is 31.4. The van der Waals surface area contributed by atoms with Gasteiger partial charge in [0.2, 0.25) is 0 Å². The van der Waals surface area contributed by atoms with Gasteiger partial charge in [-0.3, -0.25) is 0 Å². The highest BCUT2D eigenvalue weighted by Crippen LogP contribution is 2.31. The summed E-state index contributed by atoms with van der Waals surface area (Å²) < 4.78 is 88.7. The van der Waals surface area contributed by atoms with E-state index in [4.69, 9.17) is 90.3 Å².